The highest BCUT2D eigenvalue weighted by Gasteiger charge is 2.30. The van der Waals surface area contributed by atoms with Gasteiger partial charge in [-0.3, -0.25) is 10.1 Å². The van der Waals surface area contributed by atoms with Crippen molar-refractivity contribution in [3.8, 4) is 0 Å². The predicted octanol–water partition coefficient (Wildman–Crippen LogP) is 1.91. The molecule has 7 nitrogen and oxygen atoms in total. The molecule has 1 fully saturated rings. The summed E-state index contributed by atoms with van der Waals surface area (Å²) in [5.74, 6) is 1.00. The van der Waals surface area contributed by atoms with Crippen molar-refractivity contribution in [2.75, 3.05) is 32.7 Å². The number of hydrogen-bond donors (Lipinski definition) is 1. The van der Waals surface area contributed by atoms with E-state index >= 15 is 0 Å². The van der Waals surface area contributed by atoms with Crippen molar-refractivity contribution in [1.82, 2.24) is 14.5 Å². The molecule has 1 saturated heterocycles. The van der Waals surface area contributed by atoms with E-state index in [9.17, 15) is 17.6 Å². The number of carbonyl (C=O) groups is 1. The van der Waals surface area contributed by atoms with Crippen molar-refractivity contribution in [2.24, 2.45) is 0 Å². The van der Waals surface area contributed by atoms with E-state index in [2.05, 4.69) is 5.32 Å². The quantitative estimate of drug-likeness (QED) is 0.788. The van der Waals surface area contributed by atoms with Crippen molar-refractivity contribution >= 4 is 15.9 Å². The minimum Gasteiger partial charge on any atom is -0.465 e. The van der Waals surface area contributed by atoms with Gasteiger partial charge >= 0.3 is 0 Å². The van der Waals surface area contributed by atoms with E-state index in [0.29, 0.717) is 13.1 Å². The van der Waals surface area contributed by atoms with Gasteiger partial charge in [0.25, 0.3) is 0 Å². The summed E-state index contributed by atoms with van der Waals surface area (Å²) in [6.07, 6.45) is 0. The summed E-state index contributed by atoms with van der Waals surface area (Å²) < 4.78 is 45.1. The Morgan fingerprint density at radius 1 is 1.14 bits per heavy atom. The Hall–Kier alpha value is -2.23. The van der Waals surface area contributed by atoms with Crippen LogP contribution in [0.5, 0.6) is 0 Å². The molecule has 1 aliphatic heterocycles. The second kappa shape index (κ2) is 8.42. The number of hydrogen-bond acceptors (Lipinski definition) is 5. The van der Waals surface area contributed by atoms with Crippen molar-refractivity contribution in [2.45, 2.75) is 24.8 Å². The number of carbonyl (C=O) groups excluding carboxylic acids is 1. The second-order valence-corrected chi connectivity index (χ2v) is 8.73. The molecule has 2 heterocycles. The maximum atomic E-state index is 13.0. The van der Waals surface area contributed by atoms with Crippen molar-refractivity contribution < 1.29 is 22.0 Å². The van der Waals surface area contributed by atoms with Crippen LogP contribution in [0.3, 0.4) is 0 Å². The summed E-state index contributed by atoms with van der Waals surface area (Å²) in [6, 6.07) is 8.40. The summed E-state index contributed by atoms with van der Waals surface area (Å²) in [4.78, 5) is 14.1. The molecule has 2 aromatic rings. The van der Waals surface area contributed by atoms with Crippen LogP contribution in [0.4, 0.5) is 4.39 Å². The van der Waals surface area contributed by atoms with Gasteiger partial charge in [-0.2, -0.15) is 4.31 Å². The smallest absolute Gasteiger partial charge is 0.243 e. The first-order valence-electron chi connectivity index (χ1n) is 9.10. The van der Waals surface area contributed by atoms with Crippen molar-refractivity contribution in [3.63, 3.8) is 0 Å². The molecule has 1 aromatic carbocycles. The van der Waals surface area contributed by atoms with Crippen LogP contribution in [-0.4, -0.2) is 56.3 Å². The van der Waals surface area contributed by atoms with Crippen LogP contribution >= 0.6 is 0 Å². The maximum absolute atomic E-state index is 13.0. The molecular weight excluding hydrogens is 385 g/mol. The van der Waals surface area contributed by atoms with Crippen LogP contribution in [0, 0.1) is 12.7 Å². The van der Waals surface area contributed by atoms with Gasteiger partial charge in [-0.1, -0.05) is 0 Å². The molecule has 0 bridgehead atoms. The van der Waals surface area contributed by atoms with E-state index in [1.807, 2.05) is 26.0 Å². The number of benzene rings is 1. The molecular formula is C19H24FN3O4S. The largest absolute Gasteiger partial charge is 0.465 e. The number of nitrogens with one attached hydrogen (secondary N) is 1. The lowest BCUT2D eigenvalue weighted by Gasteiger charge is -2.34. The minimum absolute atomic E-state index is 0.0536. The molecule has 1 amide bonds. The summed E-state index contributed by atoms with van der Waals surface area (Å²) in [5, 5.41) is 3.13. The minimum atomic E-state index is -3.69. The fourth-order valence-corrected chi connectivity index (χ4v) is 4.49. The first-order valence-corrected chi connectivity index (χ1v) is 10.5. The lowest BCUT2D eigenvalue weighted by Crippen LogP contribution is -2.52. The van der Waals surface area contributed by atoms with Crippen LogP contribution in [-0.2, 0) is 14.8 Å². The third kappa shape index (κ3) is 4.60. The van der Waals surface area contributed by atoms with Gasteiger partial charge in [0.05, 0.1) is 17.5 Å². The lowest BCUT2D eigenvalue weighted by molar-refractivity contribution is -0.131. The van der Waals surface area contributed by atoms with Gasteiger partial charge in [0.1, 0.15) is 17.3 Å². The van der Waals surface area contributed by atoms with Gasteiger partial charge < -0.3 is 9.32 Å². The monoisotopic (exact) mass is 409 g/mol. The average molecular weight is 409 g/mol. The molecule has 0 saturated carbocycles. The second-order valence-electron chi connectivity index (χ2n) is 6.79. The highest BCUT2D eigenvalue weighted by Crippen LogP contribution is 2.18. The van der Waals surface area contributed by atoms with Crippen LogP contribution < -0.4 is 5.32 Å². The lowest BCUT2D eigenvalue weighted by atomic mass is 10.2. The SMILES string of the molecule is Cc1ccc(C(C)NCC(=O)N2CCN(S(=O)(=O)c3ccc(F)cc3)CC2)o1. The summed E-state index contributed by atoms with van der Waals surface area (Å²) in [6.45, 7) is 4.96. The van der Waals surface area contributed by atoms with Gasteiger partial charge in [-0.15, -0.1) is 0 Å². The van der Waals surface area contributed by atoms with E-state index in [1.54, 1.807) is 4.90 Å². The topological polar surface area (TPSA) is 82.9 Å². The standard InChI is InChI=1S/C19H24FN3O4S/c1-14-3-8-18(27-14)15(2)21-13-19(24)22-9-11-23(12-10-22)28(25,26)17-6-4-16(20)5-7-17/h3-8,15,21H,9-13H2,1-2H3. The molecule has 152 valence electrons. The number of halogens is 1. The molecule has 3 rings (SSSR count). The van der Waals surface area contributed by atoms with Gasteiger partial charge in [-0.05, 0) is 50.2 Å². The zero-order valence-corrected chi connectivity index (χ0v) is 16.7. The number of furan rings is 1. The zero-order valence-electron chi connectivity index (χ0n) is 15.9. The van der Waals surface area contributed by atoms with Crippen molar-refractivity contribution in [1.29, 1.82) is 0 Å². The van der Waals surface area contributed by atoms with E-state index in [4.69, 9.17) is 4.42 Å². The highest BCUT2D eigenvalue weighted by molar-refractivity contribution is 7.89. The van der Waals surface area contributed by atoms with Crippen molar-refractivity contribution in [3.05, 3.63) is 53.7 Å². The van der Waals surface area contributed by atoms with Crippen LogP contribution in [0.15, 0.2) is 45.7 Å². The molecule has 0 spiro atoms. The Balaban J connectivity index is 1.51. The van der Waals surface area contributed by atoms with Crippen LogP contribution in [0.2, 0.25) is 0 Å². The number of aryl methyl sites for hydroxylation is 1. The fraction of sp³-hybridized carbons (Fsp3) is 0.421. The molecule has 28 heavy (non-hydrogen) atoms. The third-order valence-electron chi connectivity index (χ3n) is 4.79. The van der Waals surface area contributed by atoms with E-state index < -0.39 is 15.8 Å². The summed E-state index contributed by atoms with van der Waals surface area (Å²) >= 11 is 0. The first kappa shape index (κ1) is 20.5. The third-order valence-corrected chi connectivity index (χ3v) is 6.70. The molecule has 1 atom stereocenters. The molecule has 9 heteroatoms. The molecule has 1 aliphatic rings. The van der Waals surface area contributed by atoms with E-state index in [1.165, 1.54) is 16.4 Å². The number of piperazine rings is 1. The van der Waals surface area contributed by atoms with Crippen LogP contribution in [0.1, 0.15) is 24.5 Å². The Morgan fingerprint density at radius 3 is 2.36 bits per heavy atom. The number of amides is 1. The van der Waals surface area contributed by atoms with E-state index in [-0.39, 0.29) is 36.5 Å². The Bertz CT molecular complexity index is 919. The summed E-state index contributed by atoms with van der Waals surface area (Å²) in [7, 11) is -3.69. The zero-order chi connectivity index (χ0) is 20.3. The van der Waals surface area contributed by atoms with Gasteiger partial charge in [0.2, 0.25) is 15.9 Å². The Labute approximate surface area is 164 Å². The Kier molecular flexibility index (Phi) is 6.17. The molecule has 0 aliphatic carbocycles. The summed E-state index contributed by atoms with van der Waals surface area (Å²) in [5.41, 5.74) is 0. The Morgan fingerprint density at radius 2 is 1.79 bits per heavy atom. The molecule has 1 aromatic heterocycles. The molecule has 0 radical (unpaired) electrons. The van der Waals surface area contributed by atoms with Crippen LogP contribution in [0.25, 0.3) is 0 Å². The fourth-order valence-electron chi connectivity index (χ4n) is 3.07. The first-order chi connectivity index (χ1) is 13.3. The number of nitrogens with zero attached hydrogens (tertiary/aromatic N) is 2. The normalized spacial score (nSPS) is 16.9. The molecule has 1 N–H and O–H groups in total. The number of sulfonamides is 1. The predicted molar refractivity (Wildman–Crippen MR) is 102 cm³/mol. The van der Waals surface area contributed by atoms with Gasteiger partial charge in [-0.25, -0.2) is 12.8 Å². The maximum Gasteiger partial charge on any atom is 0.243 e. The van der Waals surface area contributed by atoms with Gasteiger partial charge in [0.15, 0.2) is 0 Å². The highest BCUT2D eigenvalue weighted by atomic mass is 32.2. The number of rotatable bonds is 6. The molecule has 1 unspecified atom stereocenters. The van der Waals surface area contributed by atoms with Gasteiger partial charge in [0, 0.05) is 26.2 Å². The average Bonchev–Trinajstić information content (AvgIpc) is 3.13. The van der Waals surface area contributed by atoms with E-state index in [0.717, 1.165) is 23.7 Å².